The van der Waals surface area contributed by atoms with Crippen molar-refractivity contribution in [1.29, 1.82) is 0 Å². The number of carbonyl (C=O) groups is 2. The van der Waals surface area contributed by atoms with Gasteiger partial charge >= 0.3 is 0 Å². The number of carbonyl (C=O) groups excluding carboxylic acids is 2. The molecule has 0 heterocycles. The Labute approximate surface area is 209 Å². The molecule has 2 N–H and O–H groups in total. The Balaban J connectivity index is 1.15. The summed E-state index contributed by atoms with van der Waals surface area (Å²) in [6.45, 7) is 0.534. The van der Waals surface area contributed by atoms with Gasteiger partial charge in [-0.1, -0.05) is 60.7 Å². The molecule has 0 radical (unpaired) electrons. The van der Waals surface area contributed by atoms with E-state index in [1.807, 2.05) is 72.8 Å². The molecule has 0 fully saturated rings. The number of ether oxygens (including phenoxy) is 3. The molecule has 2 amide bonds. The fourth-order valence-corrected chi connectivity index (χ4v) is 3.30. The van der Waals surface area contributed by atoms with Crippen LogP contribution in [-0.2, 0) is 4.79 Å². The molecule has 0 bridgehead atoms. The van der Waals surface area contributed by atoms with Gasteiger partial charge in [-0.2, -0.15) is 0 Å². The highest BCUT2D eigenvalue weighted by Crippen LogP contribution is 2.22. The van der Waals surface area contributed by atoms with Crippen LogP contribution in [0.4, 0.5) is 0 Å². The highest BCUT2D eigenvalue weighted by Gasteiger charge is 2.09. The smallest absolute Gasteiger partial charge is 0.276 e. The first-order chi connectivity index (χ1) is 17.7. The average molecular weight is 483 g/mol. The molecule has 0 unspecified atom stereocenters. The minimum absolute atomic E-state index is 0.233. The minimum atomic E-state index is -0.478. The van der Waals surface area contributed by atoms with Crippen molar-refractivity contribution in [3.8, 4) is 28.4 Å². The number of hydrogen-bond acceptors (Lipinski definition) is 5. The van der Waals surface area contributed by atoms with Gasteiger partial charge < -0.3 is 14.2 Å². The number of para-hydroxylation sites is 1. The summed E-state index contributed by atoms with van der Waals surface area (Å²) in [5, 5.41) is 0. The molecule has 0 aromatic heterocycles. The summed E-state index contributed by atoms with van der Waals surface area (Å²) < 4.78 is 16.7. The molecular weight excluding hydrogens is 456 g/mol. The number of rotatable bonds is 10. The van der Waals surface area contributed by atoms with E-state index in [4.69, 9.17) is 14.2 Å². The van der Waals surface area contributed by atoms with Crippen molar-refractivity contribution in [3.63, 3.8) is 0 Å². The van der Waals surface area contributed by atoms with E-state index in [0.29, 0.717) is 30.3 Å². The second kappa shape index (κ2) is 12.6. The monoisotopic (exact) mass is 482 g/mol. The fourth-order valence-electron chi connectivity index (χ4n) is 3.30. The number of amides is 2. The van der Waals surface area contributed by atoms with Gasteiger partial charge in [-0.25, -0.2) is 0 Å². The second-order valence-electron chi connectivity index (χ2n) is 7.72. The predicted octanol–water partition coefficient (Wildman–Crippen LogP) is 4.65. The standard InChI is InChI=1S/C29H26N2O5/c32-28(21-36-27-15-11-23(12-16-27)22-7-3-1-4-8-22)30-31-29(33)24-13-17-26(18-14-24)35-20-19-34-25-9-5-2-6-10-25/h1-18H,19-21H2,(H,30,32)(H,31,33). The van der Waals surface area contributed by atoms with E-state index >= 15 is 0 Å². The predicted molar refractivity (Wildman–Crippen MR) is 137 cm³/mol. The van der Waals surface area contributed by atoms with E-state index in [9.17, 15) is 9.59 Å². The van der Waals surface area contributed by atoms with Gasteiger partial charge in [0, 0.05) is 5.56 Å². The summed E-state index contributed by atoms with van der Waals surface area (Å²) in [5.41, 5.74) is 7.25. The van der Waals surface area contributed by atoms with Gasteiger partial charge in [0.15, 0.2) is 6.61 Å². The van der Waals surface area contributed by atoms with Crippen molar-refractivity contribution >= 4 is 11.8 Å². The maximum Gasteiger partial charge on any atom is 0.276 e. The maximum absolute atomic E-state index is 12.3. The van der Waals surface area contributed by atoms with Gasteiger partial charge in [-0.15, -0.1) is 0 Å². The van der Waals surface area contributed by atoms with Crippen LogP contribution in [0, 0.1) is 0 Å². The van der Waals surface area contributed by atoms with E-state index in [1.54, 1.807) is 36.4 Å². The maximum atomic E-state index is 12.3. The lowest BCUT2D eigenvalue weighted by Crippen LogP contribution is -2.43. The van der Waals surface area contributed by atoms with Crippen molar-refractivity contribution < 1.29 is 23.8 Å². The minimum Gasteiger partial charge on any atom is -0.490 e. The van der Waals surface area contributed by atoms with Crippen LogP contribution < -0.4 is 25.1 Å². The van der Waals surface area contributed by atoms with Crippen LogP contribution in [0.3, 0.4) is 0 Å². The molecule has 0 spiro atoms. The molecule has 182 valence electrons. The number of hydrazine groups is 1. The number of hydrogen-bond donors (Lipinski definition) is 2. The summed E-state index contributed by atoms with van der Waals surface area (Å²) in [5.74, 6) is 1.02. The largest absolute Gasteiger partial charge is 0.490 e. The molecule has 4 rings (SSSR count). The highest BCUT2D eigenvalue weighted by atomic mass is 16.5. The summed E-state index contributed by atoms with van der Waals surface area (Å²) in [4.78, 5) is 24.4. The van der Waals surface area contributed by atoms with E-state index in [2.05, 4.69) is 10.9 Å². The lowest BCUT2D eigenvalue weighted by atomic mass is 10.1. The molecule has 0 saturated carbocycles. The van der Waals surface area contributed by atoms with Gasteiger partial charge in [-0.05, 0) is 59.7 Å². The molecule has 0 aliphatic heterocycles. The third-order valence-electron chi connectivity index (χ3n) is 5.13. The third-order valence-corrected chi connectivity index (χ3v) is 5.13. The van der Waals surface area contributed by atoms with Crippen molar-refractivity contribution in [3.05, 3.63) is 115 Å². The van der Waals surface area contributed by atoms with E-state index in [1.165, 1.54) is 0 Å². The lowest BCUT2D eigenvalue weighted by molar-refractivity contribution is -0.123. The van der Waals surface area contributed by atoms with Crippen molar-refractivity contribution in [2.45, 2.75) is 0 Å². The lowest BCUT2D eigenvalue weighted by Gasteiger charge is -2.10. The Kier molecular flexibility index (Phi) is 8.53. The zero-order valence-corrected chi connectivity index (χ0v) is 19.6. The first-order valence-electron chi connectivity index (χ1n) is 11.5. The molecule has 7 heteroatoms. The molecule has 4 aromatic carbocycles. The summed E-state index contributed by atoms with van der Waals surface area (Å²) in [7, 11) is 0. The SMILES string of the molecule is O=C(COc1ccc(-c2ccccc2)cc1)NNC(=O)c1ccc(OCCOc2ccccc2)cc1. The van der Waals surface area contributed by atoms with Crippen molar-refractivity contribution in [2.24, 2.45) is 0 Å². The Morgan fingerprint density at radius 3 is 1.67 bits per heavy atom. The van der Waals surface area contributed by atoms with E-state index < -0.39 is 11.8 Å². The Morgan fingerprint density at radius 1 is 0.528 bits per heavy atom. The third kappa shape index (κ3) is 7.36. The number of benzene rings is 4. The van der Waals surface area contributed by atoms with Gasteiger partial charge in [0.05, 0.1) is 0 Å². The first-order valence-corrected chi connectivity index (χ1v) is 11.5. The fraction of sp³-hybridized carbons (Fsp3) is 0.103. The quantitative estimate of drug-likeness (QED) is 0.254. The zero-order chi connectivity index (χ0) is 25.0. The normalized spacial score (nSPS) is 10.2. The summed E-state index contributed by atoms with van der Waals surface area (Å²) in [6, 6.07) is 33.5. The van der Waals surface area contributed by atoms with Gasteiger partial charge in [0.2, 0.25) is 0 Å². The second-order valence-corrected chi connectivity index (χ2v) is 7.72. The molecule has 7 nitrogen and oxygen atoms in total. The summed E-state index contributed by atoms with van der Waals surface area (Å²) in [6.07, 6.45) is 0. The van der Waals surface area contributed by atoms with Crippen LogP contribution in [-0.4, -0.2) is 31.6 Å². The highest BCUT2D eigenvalue weighted by molar-refractivity contribution is 5.95. The molecule has 0 atom stereocenters. The summed E-state index contributed by atoms with van der Waals surface area (Å²) >= 11 is 0. The molecule has 36 heavy (non-hydrogen) atoms. The van der Waals surface area contributed by atoms with Crippen LogP contribution in [0.25, 0.3) is 11.1 Å². The molecular formula is C29H26N2O5. The van der Waals surface area contributed by atoms with Gasteiger partial charge in [-0.3, -0.25) is 20.4 Å². The Hall–Kier alpha value is -4.78. The Bertz CT molecular complexity index is 1240. The number of nitrogens with one attached hydrogen (secondary N) is 2. The molecule has 0 saturated heterocycles. The van der Waals surface area contributed by atoms with Crippen molar-refractivity contribution in [1.82, 2.24) is 10.9 Å². The van der Waals surface area contributed by atoms with Crippen LogP contribution in [0.2, 0.25) is 0 Å². The first kappa shape index (κ1) is 24.3. The van der Waals surface area contributed by atoms with Crippen LogP contribution >= 0.6 is 0 Å². The van der Waals surface area contributed by atoms with Gasteiger partial charge in [0.25, 0.3) is 11.8 Å². The Morgan fingerprint density at radius 2 is 1.03 bits per heavy atom. The van der Waals surface area contributed by atoms with Gasteiger partial charge in [0.1, 0.15) is 30.5 Å². The van der Waals surface area contributed by atoms with Crippen LogP contribution in [0.5, 0.6) is 17.2 Å². The molecule has 4 aromatic rings. The van der Waals surface area contributed by atoms with Crippen LogP contribution in [0.15, 0.2) is 109 Å². The van der Waals surface area contributed by atoms with E-state index in [0.717, 1.165) is 16.9 Å². The van der Waals surface area contributed by atoms with Crippen molar-refractivity contribution in [2.75, 3.05) is 19.8 Å². The molecule has 0 aliphatic carbocycles. The zero-order valence-electron chi connectivity index (χ0n) is 19.6. The topological polar surface area (TPSA) is 85.9 Å². The average Bonchev–Trinajstić information content (AvgIpc) is 2.94. The van der Waals surface area contributed by atoms with E-state index in [-0.39, 0.29) is 6.61 Å². The van der Waals surface area contributed by atoms with Crippen LogP contribution in [0.1, 0.15) is 10.4 Å². The molecule has 0 aliphatic rings.